The summed E-state index contributed by atoms with van der Waals surface area (Å²) in [6.07, 6.45) is -0.105. The molecule has 152 valence electrons. The molecule has 7 nitrogen and oxygen atoms in total. The highest BCUT2D eigenvalue weighted by molar-refractivity contribution is 6.22. The van der Waals surface area contributed by atoms with Crippen LogP contribution in [0.4, 0.5) is 16.2 Å². The molecule has 1 atom stereocenters. The highest BCUT2D eigenvalue weighted by Crippen LogP contribution is 2.27. The highest BCUT2D eigenvalue weighted by Gasteiger charge is 2.46. The van der Waals surface area contributed by atoms with Crippen molar-refractivity contribution in [3.8, 4) is 5.75 Å². The second-order valence-electron chi connectivity index (χ2n) is 7.33. The van der Waals surface area contributed by atoms with Gasteiger partial charge in [-0.2, -0.15) is 0 Å². The number of anilines is 2. The average Bonchev–Trinajstić information content (AvgIpc) is 2.92. The number of nitrogens with zero attached hydrogens (tertiary/aromatic N) is 2. The molecular weight excluding hydrogens is 370 g/mol. The van der Waals surface area contributed by atoms with E-state index in [2.05, 4.69) is 5.32 Å². The zero-order valence-corrected chi connectivity index (χ0v) is 16.8. The first-order chi connectivity index (χ1) is 13.9. The van der Waals surface area contributed by atoms with Crippen LogP contribution >= 0.6 is 0 Å². The largest absolute Gasteiger partial charge is 0.497 e. The van der Waals surface area contributed by atoms with Crippen LogP contribution in [0, 0.1) is 5.92 Å². The number of nitrogens with one attached hydrogen (secondary N) is 1. The summed E-state index contributed by atoms with van der Waals surface area (Å²) in [6, 6.07) is 14.5. The summed E-state index contributed by atoms with van der Waals surface area (Å²) in [6.45, 7) is 4.34. The fourth-order valence-corrected chi connectivity index (χ4v) is 3.31. The first-order valence-corrected chi connectivity index (χ1v) is 9.54. The molecule has 1 saturated heterocycles. The van der Waals surface area contributed by atoms with Crippen molar-refractivity contribution in [2.24, 2.45) is 5.92 Å². The molecule has 1 N–H and O–H groups in total. The third-order valence-electron chi connectivity index (χ3n) is 4.65. The van der Waals surface area contributed by atoms with Crippen LogP contribution in [0.3, 0.4) is 0 Å². The van der Waals surface area contributed by atoms with Gasteiger partial charge in [0.15, 0.2) is 0 Å². The summed E-state index contributed by atoms with van der Waals surface area (Å²) >= 11 is 0. The lowest BCUT2D eigenvalue weighted by Crippen LogP contribution is -2.40. The molecule has 4 amide bonds. The minimum Gasteiger partial charge on any atom is -0.497 e. The molecule has 7 heteroatoms. The van der Waals surface area contributed by atoms with E-state index in [4.69, 9.17) is 4.74 Å². The Morgan fingerprint density at radius 2 is 1.72 bits per heavy atom. The number of ether oxygens (including phenoxy) is 1. The van der Waals surface area contributed by atoms with Gasteiger partial charge in [-0.3, -0.25) is 9.59 Å². The SMILES string of the molecule is COc1ccc(NC(=O)CC2C(=O)N(c3ccccc3)C(=O)N2CC(C)C)cc1. The third-order valence-corrected chi connectivity index (χ3v) is 4.65. The molecule has 29 heavy (non-hydrogen) atoms. The first-order valence-electron chi connectivity index (χ1n) is 9.54. The van der Waals surface area contributed by atoms with Crippen molar-refractivity contribution in [3.63, 3.8) is 0 Å². The number of para-hydroxylation sites is 1. The van der Waals surface area contributed by atoms with Gasteiger partial charge >= 0.3 is 6.03 Å². The number of rotatable bonds is 7. The molecule has 1 unspecified atom stereocenters. The van der Waals surface area contributed by atoms with Crippen LogP contribution in [-0.2, 0) is 9.59 Å². The summed E-state index contributed by atoms with van der Waals surface area (Å²) in [5.74, 6) is 0.132. The molecule has 0 aromatic heterocycles. The quantitative estimate of drug-likeness (QED) is 0.728. The van der Waals surface area contributed by atoms with Gasteiger partial charge in [0, 0.05) is 12.2 Å². The second-order valence-corrected chi connectivity index (χ2v) is 7.33. The fourth-order valence-electron chi connectivity index (χ4n) is 3.31. The Hall–Kier alpha value is -3.35. The molecule has 0 radical (unpaired) electrons. The molecule has 2 aromatic carbocycles. The number of methoxy groups -OCH3 is 1. The molecule has 1 fully saturated rings. The van der Waals surface area contributed by atoms with E-state index in [1.54, 1.807) is 55.6 Å². The number of hydrogen-bond donors (Lipinski definition) is 1. The summed E-state index contributed by atoms with van der Waals surface area (Å²) in [4.78, 5) is 41.3. The second kappa shape index (κ2) is 8.77. The monoisotopic (exact) mass is 395 g/mol. The normalized spacial score (nSPS) is 16.5. The van der Waals surface area contributed by atoms with Crippen LogP contribution in [0.2, 0.25) is 0 Å². The van der Waals surface area contributed by atoms with Crippen LogP contribution in [0.25, 0.3) is 0 Å². The Labute approximate surface area is 170 Å². The molecule has 0 aliphatic carbocycles. The van der Waals surface area contributed by atoms with Gasteiger partial charge in [-0.05, 0) is 42.3 Å². The Morgan fingerprint density at radius 3 is 2.31 bits per heavy atom. The molecular formula is C22H25N3O4. The van der Waals surface area contributed by atoms with Crippen molar-refractivity contribution in [3.05, 3.63) is 54.6 Å². The first kappa shape index (κ1) is 20.4. The maximum Gasteiger partial charge on any atom is 0.332 e. The van der Waals surface area contributed by atoms with Gasteiger partial charge in [-0.15, -0.1) is 0 Å². The number of benzene rings is 2. The Bertz CT molecular complexity index is 881. The summed E-state index contributed by atoms with van der Waals surface area (Å²) in [5, 5.41) is 2.78. The third kappa shape index (κ3) is 4.56. The zero-order chi connectivity index (χ0) is 21.0. The van der Waals surface area contributed by atoms with Crippen LogP contribution in [0.5, 0.6) is 5.75 Å². The van der Waals surface area contributed by atoms with Crippen molar-refractivity contribution in [1.82, 2.24) is 4.90 Å². The molecule has 0 saturated carbocycles. The lowest BCUT2D eigenvalue weighted by atomic mass is 10.1. The summed E-state index contributed by atoms with van der Waals surface area (Å²) in [7, 11) is 1.57. The summed E-state index contributed by atoms with van der Waals surface area (Å²) < 4.78 is 5.11. The van der Waals surface area contributed by atoms with Gasteiger partial charge in [0.05, 0.1) is 19.2 Å². The van der Waals surface area contributed by atoms with Crippen molar-refractivity contribution in [2.75, 3.05) is 23.9 Å². The van der Waals surface area contributed by atoms with E-state index >= 15 is 0 Å². The smallest absolute Gasteiger partial charge is 0.332 e. The van der Waals surface area contributed by atoms with Crippen molar-refractivity contribution in [1.29, 1.82) is 0 Å². The maximum absolute atomic E-state index is 13.0. The highest BCUT2D eigenvalue weighted by atomic mass is 16.5. The lowest BCUT2D eigenvalue weighted by Gasteiger charge is -2.23. The van der Waals surface area contributed by atoms with Gasteiger partial charge in [0.2, 0.25) is 5.91 Å². The Kier molecular flexibility index (Phi) is 6.16. The van der Waals surface area contributed by atoms with Gasteiger partial charge in [-0.25, -0.2) is 9.69 Å². The van der Waals surface area contributed by atoms with Crippen LogP contribution in [0.15, 0.2) is 54.6 Å². The standard InChI is InChI=1S/C22H25N3O4/c1-15(2)14-24-19(13-20(26)23-16-9-11-18(29-3)12-10-16)21(27)25(22(24)28)17-7-5-4-6-8-17/h4-12,15,19H,13-14H2,1-3H3,(H,23,26). The predicted octanol–water partition coefficient (Wildman–Crippen LogP) is 3.52. The van der Waals surface area contributed by atoms with E-state index < -0.39 is 12.1 Å². The van der Waals surface area contributed by atoms with E-state index in [0.717, 1.165) is 4.90 Å². The van der Waals surface area contributed by atoms with Crippen LogP contribution in [0.1, 0.15) is 20.3 Å². The summed E-state index contributed by atoms with van der Waals surface area (Å²) in [5.41, 5.74) is 1.11. The van der Waals surface area contributed by atoms with E-state index in [0.29, 0.717) is 23.7 Å². The minimum absolute atomic E-state index is 0.105. The number of imide groups is 1. The minimum atomic E-state index is -0.830. The average molecular weight is 395 g/mol. The topological polar surface area (TPSA) is 79.0 Å². The molecule has 1 aliphatic heterocycles. The lowest BCUT2D eigenvalue weighted by molar-refractivity contribution is -0.124. The van der Waals surface area contributed by atoms with Gasteiger partial charge in [-0.1, -0.05) is 32.0 Å². The van der Waals surface area contributed by atoms with Gasteiger partial charge in [0.1, 0.15) is 11.8 Å². The molecule has 0 bridgehead atoms. The number of carbonyl (C=O) groups is 3. The van der Waals surface area contributed by atoms with Crippen molar-refractivity contribution in [2.45, 2.75) is 26.3 Å². The fraction of sp³-hybridized carbons (Fsp3) is 0.318. The van der Waals surface area contributed by atoms with E-state index in [1.165, 1.54) is 4.90 Å². The van der Waals surface area contributed by atoms with E-state index in [-0.39, 0.29) is 24.2 Å². The number of urea groups is 1. The molecule has 1 aliphatic rings. The predicted molar refractivity (Wildman–Crippen MR) is 111 cm³/mol. The Morgan fingerprint density at radius 1 is 1.07 bits per heavy atom. The molecule has 0 spiro atoms. The van der Waals surface area contributed by atoms with Crippen LogP contribution < -0.4 is 15.0 Å². The van der Waals surface area contributed by atoms with Crippen LogP contribution in [-0.4, -0.2) is 42.4 Å². The van der Waals surface area contributed by atoms with Crippen molar-refractivity contribution < 1.29 is 19.1 Å². The van der Waals surface area contributed by atoms with E-state index in [1.807, 2.05) is 19.9 Å². The molecule has 2 aromatic rings. The number of hydrogen-bond acceptors (Lipinski definition) is 4. The number of carbonyl (C=O) groups excluding carboxylic acids is 3. The van der Waals surface area contributed by atoms with Crippen molar-refractivity contribution >= 4 is 29.2 Å². The Balaban J connectivity index is 1.78. The van der Waals surface area contributed by atoms with Gasteiger partial charge in [0.25, 0.3) is 5.91 Å². The number of amides is 4. The maximum atomic E-state index is 13.0. The van der Waals surface area contributed by atoms with Gasteiger partial charge < -0.3 is 15.0 Å². The van der Waals surface area contributed by atoms with E-state index in [9.17, 15) is 14.4 Å². The zero-order valence-electron chi connectivity index (χ0n) is 16.8. The molecule has 1 heterocycles. The molecule has 3 rings (SSSR count).